The van der Waals surface area contributed by atoms with Crippen molar-refractivity contribution in [2.75, 3.05) is 6.54 Å². The molecule has 1 saturated heterocycles. The van der Waals surface area contributed by atoms with Crippen molar-refractivity contribution in [1.29, 1.82) is 0 Å². The van der Waals surface area contributed by atoms with E-state index in [4.69, 9.17) is 0 Å². The highest BCUT2D eigenvalue weighted by atomic mass is 19.4. The maximum atomic E-state index is 13.0. The van der Waals surface area contributed by atoms with Crippen LogP contribution in [0.1, 0.15) is 49.9 Å². The third kappa shape index (κ3) is 3.85. The Bertz CT molecular complexity index is 670. The van der Waals surface area contributed by atoms with Crippen LogP contribution < -0.4 is 5.56 Å². The Morgan fingerprint density at radius 2 is 2.12 bits per heavy atom. The molecule has 1 aliphatic heterocycles. The summed E-state index contributed by atoms with van der Waals surface area (Å²) < 4.78 is 39.0. The summed E-state index contributed by atoms with van der Waals surface area (Å²) in [5.74, 6) is 0.173. The molecular weight excluding hydrogens is 323 g/mol. The number of hydrogen-bond acceptors (Lipinski definition) is 4. The zero-order valence-electron chi connectivity index (χ0n) is 14.0. The van der Waals surface area contributed by atoms with Gasteiger partial charge in [-0.1, -0.05) is 13.8 Å². The van der Waals surface area contributed by atoms with Crippen LogP contribution in [0.3, 0.4) is 0 Å². The number of rotatable bonds is 6. The number of aromatic amines is 1. The molecule has 24 heavy (non-hydrogen) atoms. The van der Waals surface area contributed by atoms with Gasteiger partial charge in [-0.2, -0.15) is 18.3 Å². The molecule has 1 aromatic heterocycles. The van der Waals surface area contributed by atoms with E-state index >= 15 is 0 Å². The normalized spacial score (nSPS) is 19.8. The van der Waals surface area contributed by atoms with Crippen LogP contribution >= 0.6 is 0 Å². The van der Waals surface area contributed by atoms with E-state index in [0.29, 0.717) is 13.0 Å². The molecule has 1 aliphatic rings. The van der Waals surface area contributed by atoms with Gasteiger partial charge in [0.25, 0.3) is 5.56 Å². The SMILES string of the molecule is CCC(C)C(=O)CC1CCN1Cc1n[nH]c(=O)c(C(F)(F)F)c1C. The predicted octanol–water partition coefficient (Wildman–Crippen LogP) is 2.68. The topological polar surface area (TPSA) is 66.1 Å². The lowest BCUT2D eigenvalue weighted by atomic mass is 9.91. The number of halogens is 3. The Kier molecular flexibility index (Phi) is 5.47. The Balaban J connectivity index is 2.12. The zero-order valence-corrected chi connectivity index (χ0v) is 14.0. The number of nitrogens with zero attached hydrogens (tertiary/aromatic N) is 2. The highest BCUT2D eigenvalue weighted by Crippen LogP contribution is 2.31. The Morgan fingerprint density at radius 1 is 1.46 bits per heavy atom. The number of aromatic nitrogens is 2. The van der Waals surface area contributed by atoms with Gasteiger partial charge in [-0.25, -0.2) is 5.10 Å². The Hall–Kier alpha value is -1.70. The molecule has 0 amide bonds. The number of ketones is 1. The molecule has 134 valence electrons. The highest BCUT2D eigenvalue weighted by Gasteiger charge is 2.38. The largest absolute Gasteiger partial charge is 0.422 e. The van der Waals surface area contributed by atoms with Gasteiger partial charge in [0.15, 0.2) is 0 Å². The zero-order chi connectivity index (χ0) is 18.1. The Morgan fingerprint density at radius 3 is 2.62 bits per heavy atom. The van der Waals surface area contributed by atoms with Crippen molar-refractivity contribution in [3.63, 3.8) is 0 Å². The van der Waals surface area contributed by atoms with E-state index in [1.807, 2.05) is 23.8 Å². The van der Waals surface area contributed by atoms with E-state index in [2.05, 4.69) is 5.10 Å². The summed E-state index contributed by atoms with van der Waals surface area (Å²) >= 11 is 0. The minimum Gasteiger partial charge on any atom is -0.299 e. The molecule has 1 fully saturated rings. The number of hydrogen-bond donors (Lipinski definition) is 1. The first-order chi connectivity index (χ1) is 11.1. The van der Waals surface area contributed by atoms with Crippen molar-refractivity contribution in [1.82, 2.24) is 15.1 Å². The van der Waals surface area contributed by atoms with Crippen LogP contribution in [0, 0.1) is 12.8 Å². The fourth-order valence-electron chi connectivity index (χ4n) is 2.85. The van der Waals surface area contributed by atoms with Crippen molar-refractivity contribution >= 4 is 5.78 Å². The second-order valence-electron chi connectivity index (χ2n) is 6.39. The summed E-state index contributed by atoms with van der Waals surface area (Å²) in [5.41, 5.74) is -2.37. The van der Waals surface area contributed by atoms with Crippen LogP contribution in [0.15, 0.2) is 4.79 Å². The molecule has 2 unspecified atom stereocenters. The number of Topliss-reactive ketones (excluding diaryl/α,β-unsaturated/α-hetero) is 1. The second kappa shape index (κ2) is 7.04. The van der Waals surface area contributed by atoms with E-state index in [1.54, 1.807) is 0 Å². The molecule has 1 N–H and O–H groups in total. The first-order valence-corrected chi connectivity index (χ1v) is 8.07. The first-order valence-electron chi connectivity index (χ1n) is 8.07. The van der Waals surface area contributed by atoms with Gasteiger partial charge in [0.1, 0.15) is 11.3 Å². The molecule has 2 atom stereocenters. The summed E-state index contributed by atoms with van der Waals surface area (Å²) in [6.07, 6.45) is -2.68. The average molecular weight is 345 g/mol. The van der Waals surface area contributed by atoms with Crippen LogP contribution in [-0.4, -0.2) is 33.5 Å². The fourth-order valence-corrected chi connectivity index (χ4v) is 2.85. The van der Waals surface area contributed by atoms with Crippen molar-refractivity contribution in [2.24, 2.45) is 5.92 Å². The summed E-state index contributed by atoms with van der Waals surface area (Å²) in [7, 11) is 0. The highest BCUT2D eigenvalue weighted by molar-refractivity contribution is 5.81. The van der Waals surface area contributed by atoms with Gasteiger partial charge in [-0.15, -0.1) is 0 Å². The van der Waals surface area contributed by atoms with Crippen molar-refractivity contribution in [2.45, 2.75) is 58.8 Å². The van der Waals surface area contributed by atoms with Crippen LogP contribution in [0.5, 0.6) is 0 Å². The van der Waals surface area contributed by atoms with Crippen LogP contribution in [0.4, 0.5) is 13.2 Å². The Labute approximate surface area is 138 Å². The summed E-state index contributed by atoms with van der Waals surface area (Å²) in [6.45, 7) is 6.01. The second-order valence-corrected chi connectivity index (χ2v) is 6.39. The molecule has 8 heteroatoms. The minimum absolute atomic E-state index is 0.00257. The lowest BCUT2D eigenvalue weighted by Crippen LogP contribution is -2.48. The van der Waals surface area contributed by atoms with E-state index in [1.165, 1.54) is 6.92 Å². The monoisotopic (exact) mass is 345 g/mol. The third-order valence-electron chi connectivity index (χ3n) is 4.83. The number of likely N-dealkylation sites (tertiary alicyclic amines) is 1. The van der Waals surface area contributed by atoms with Gasteiger partial charge < -0.3 is 0 Å². The quantitative estimate of drug-likeness (QED) is 0.861. The number of alkyl halides is 3. The van der Waals surface area contributed by atoms with Gasteiger partial charge in [-0.05, 0) is 25.3 Å². The maximum Gasteiger partial charge on any atom is 0.422 e. The smallest absolute Gasteiger partial charge is 0.299 e. The third-order valence-corrected chi connectivity index (χ3v) is 4.83. The predicted molar refractivity (Wildman–Crippen MR) is 82.5 cm³/mol. The number of H-pyrrole nitrogens is 1. The van der Waals surface area contributed by atoms with E-state index in [0.717, 1.165) is 12.8 Å². The van der Waals surface area contributed by atoms with E-state index in [9.17, 15) is 22.8 Å². The van der Waals surface area contributed by atoms with E-state index in [-0.39, 0.29) is 35.5 Å². The number of carbonyl (C=O) groups excluding carboxylic acids is 1. The van der Waals surface area contributed by atoms with Crippen LogP contribution in [-0.2, 0) is 17.5 Å². The van der Waals surface area contributed by atoms with Gasteiger partial charge in [-0.3, -0.25) is 14.5 Å². The summed E-state index contributed by atoms with van der Waals surface area (Å²) in [4.78, 5) is 25.4. The van der Waals surface area contributed by atoms with Crippen LogP contribution in [0.25, 0.3) is 0 Å². The van der Waals surface area contributed by atoms with Crippen molar-refractivity contribution in [3.05, 3.63) is 27.2 Å². The number of nitrogens with one attached hydrogen (secondary N) is 1. The molecule has 0 radical (unpaired) electrons. The molecule has 0 spiro atoms. The van der Waals surface area contributed by atoms with Crippen molar-refractivity contribution in [3.8, 4) is 0 Å². The molecule has 2 rings (SSSR count). The maximum absolute atomic E-state index is 13.0. The molecule has 0 saturated carbocycles. The standard InChI is InChI=1S/C16H22F3N3O2/c1-4-9(2)13(23)7-11-5-6-22(11)8-12-10(3)14(16(17,18)19)15(24)21-20-12/h9,11H,4-8H2,1-3H3,(H,21,24). The summed E-state index contributed by atoms with van der Waals surface area (Å²) in [5, 5.41) is 5.71. The van der Waals surface area contributed by atoms with Gasteiger partial charge in [0, 0.05) is 31.5 Å². The first kappa shape index (κ1) is 18.6. The molecular formula is C16H22F3N3O2. The van der Waals surface area contributed by atoms with Gasteiger partial charge >= 0.3 is 6.18 Å². The minimum atomic E-state index is -4.71. The van der Waals surface area contributed by atoms with Gasteiger partial charge in [0.05, 0.1) is 5.69 Å². The molecule has 1 aromatic rings. The average Bonchev–Trinajstić information content (AvgIpc) is 2.48. The molecule has 5 nitrogen and oxygen atoms in total. The van der Waals surface area contributed by atoms with Crippen molar-refractivity contribution < 1.29 is 18.0 Å². The fraction of sp³-hybridized carbons (Fsp3) is 0.688. The van der Waals surface area contributed by atoms with E-state index < -0.39 is 17.3 Å². The summed E-state index contributed by atoms with van der Waals surface area (Å²) in [6, 6.07) is 0.0361. The number of carbonyl (C=O) groups is 1. The lowest BCUT2D eigenvalue weighted by molar-refractivity contribution is -0.139. The van der Waals surface area contributed by atoms with Gasteiger partial charge in [0.2, 0.25) is 0 Å². The molecule has 0 aromatic carbocycles. The molecule has 0 bridgehead atoms. The molecule has 0 aliphatic carbocycles. The molecule has 2 heterocycles. The van der Waals surface area contributed by atoms with Crippen LogP contribution in [0.2, 0.25) is 0 Å². The lowest BCUT2D eigenvalue weighted by Gasteiger charge is -2.41.